The molecule has 0 aliphatic heterocycles. The normalized spacial score (nSPS) is 15.1. The van der Waals surface area contributed by atoms with Crippen LogP contribution in [0.25, 0.3) is 11.1 Å². The zero-order valence-electron chi connectivity index (χ0n) is 24.0. The van der Waals surface area contributed by atoms with E-state index < -0.39 is 0 Å². The molecule has 1 aliphatic rings. The summed E-state index contributed by atoms with van der Waals surface area (Å²) in [6.45, 7) is 12.7. The number of benzene rings is 3. The van der Waals surface area contributed by atoms with Crippen molar-refractivity contribution in [3.8, 4) is 22.6 Å². The molecule has 0 radical (unpaired) electrons. The fourth-order valence-corrected chi connectivity index (χ4v) is 5.11. The van der Waals surface area contributed by atoms with Crippen LogP contribution in [-0.2, 0) is 28.0 Å². The fourth-order valence-electron chi connectivity index (χ4n) is 5.11. The van der Waals surface area contributed by atoms with E-state index in [2.05, 4.69) is 39.0 Å². The molecule has 0 heterocycles. The number of carbonyl (C=O) groups is 1. The van der Waals surface area contributed by atoms with Gasteiger partial charge in [-0.15, -0.1) is 0 Å². The van der Waals surface area contributed by atoms with E-state index in [4.69, 9.17) is 14.2 Å². The summed E-state index contributed by atoms with van der Waals surface area (Å²) in [4.78, 5) is 12.1. The first kappa shape index (κ1) is 29.2. The average molecular weight is 521 g/mol. The van der Waals surface area contributed by atoms with Gasteiger partial charge in [-0.1, -0.05) is 65.8 Å². The highest BCUT2D eigenvalue weighted by Gasteiger charge is 2.32. The molecular weight excluding hydrogens is 479 g/mol. The fraction of sp³-hybridized carbons (Fsp3) is 0.424. The molecule has 0 saturated heterocycles. The molecule has 5 heteroatoms. The van der Waals surface area contributed by atoms with Crippen molar-refractivity contribution in [3.05, 3.63) is 82.7 Å². The minimum atomic E-state index is -0.279. The van der Waals surface area contributed by atoms with Gasteiger partial charge in [-0.2, -0.15) is 0 Å². The van der Waals surface area contributed by atoms with Gasteiger partial charge >= 0.3 is 5.97 Å². The first-order chi connectivity index (χ1) is 18.1. The average Bonchev–Trinajstić information content (AvgIpc) is 3.35. The van der Waals surface area contributed by atoms with Gasteiger partial charge in [-0.05, 0) is 82.3 Å². The number of aryl methyl sites for hydroxylation is 1. The maximum absolute atomic E-state index is 14.8. The summed E-state index contributed by atoms with van der Waals surface area (Å²) in [7, 11) is 3.02. The van der Waals surface area contributed by atoms with Crippen LogP contribution in [0.5, 0.6) is 11.5 Å². The second-order valence-electron chi connectivity index (χ2n) is 10.6. The van der Waals surface area contributed by atoms with Crippen molar-refractivity contribution < 1.29 is 23.4 Å². The van der Waals surface area contributed by atoms with Gasteiger partial charge in [0.05, 0.1) is 20.1 Å². The minimum Gasteiger partial charge on any atom is -0.497 e. The molecule has 0 fully saturated rings. The van der Waals surface area contributed by atoms with Crippen molar-refractivity contribution in [3.63, 3.8) is 0 Å². The first-order valence-corrected chi connectivity index (χ1v) is 13.4. The number of hydrogen-bond donors (Lipinski definition) is 0. The van der Waals surface area contributed by atoms with Crippen molar-refractivity contribution in [2.24, 2.45) is 5.92 Å². The van der Waals surface area contributed by atoms with E-state index in [-0.39, 0.29) is 29.0 Å². The van der Waals surface area contributed by atoms with E-state index in [1.54, 1.807) is 19.2 Å². The molecule has 0 bridgehead atoms. The zero-order valence-corrected chi connectivity index (χ0v) is 24.0. The predicted molar refractivity (Wildman–Crippen MR) is 151 cm³/mol. The standard InChI is InChI=1S/C31H35FO4.C2H6/c1-19(30(33)35-6)24-13-9-21-8-10-23(17-26(21)24)36-18-20-7-12-25(28(15-20)31(2,3)4)27-16-22(34-5)11-14-29(27)32;1-2/h7-8,10-12,14-17,19,24H,9,13,18H2,1-6H3;1-2H3. The Kier molecular flexibility index (Phi) is 9.59. The molecular formula is C33H41FO4. The summed E-state index contributed by atoms with van der Waals surface area (Å²) in [5.41, 5.74) is 5.65. The summed E-state index contributed by atoms with van der Waals surface area (Å²) < 4.78 is 31.3. The second-order valence-corrected chi connectivity index (χ2v) is 10.6. The summed E-state index contributed by atoms with van der Waals surface area (Å²) in [5, 5.41) is 0. The smallest absolute Gasteiger partial charge is 0.308 e. The SMILES string of the molecule is CC.COC(=O)C(C)C1CCc2ccc(OCc3ccc(-c4cc(OC)ccc4F)c(C(C)(C)C)c3)cc21. The van der Waals surface area contributed by atoms with Crippen LogP contribution in [0.4, 0.5) is 4.39 Å². The third-order valence-electron chi connectivity index (χ3n) is 7.18. The number of halogens is 1. The van der Waals surface area contributed by atoms with Crippen LogP contribution in [0.15, 0.2) is 54.6 Å². The maximum Gasteiger partial charge on any atom is 0.308 e. The lowest BCUT2D eigenvalue weighted by Crippen LogP contribution is -2.19. The topological polar surface area (TPSA) is 44.8 Å². The van der Waals surface area contributed by atoms with Gasteiger partial charge in [0.2, 0.25) is 0 Å². The Morgan fingerprint density at radius 3 is 2.34 bits per heavy atom. The summed E-state index contributed by atoms with van der Waals surface area (Å²) in [6, 6.07) is 17.0. The number of fused-ring (bicyclic) bond motifs is 1. The lowest BCUT2D eigenvalue weighted by atomic mass is 9.81. The molecule has 4 rings (SSSR count). The van der Waals surface area contributed by atoms with Gasteiger partial charge in [-0.3, -0.25) is 4.79 Å². The number of esters is 1. The van der Waals surface area contributed by atoms with E-state index in [0.717, 1.165) is 35.3 Å². The van der Waals surface area contributed by atoms with E-state index >= 15 is 0 Å². The van der Waals surface area contributed by atoms with E-state index in [0.29, 0.717) is 17.9 Å². The Morgan fingerprint density at radius 1 is 0.974 bits per heavy atom. The van der Waals surface area contributed by atoms with Crippen LogP contribution in [0.2, 0.25) is 0 Å². The van der Waals surface area contributed by atoms with Crippen LogP contribution < -0.4 is 9.47 Å². The highest BCUT2D eigenvalue weighted by atomic mass is 19.1. The number of carbonyl (C=O) groups excluding carboxylic acids is 1. The number of ether oxygens (including phenoxy) is 3. The Morgan fingerprint density at radius 2 is 1.68 bits per heavy atom. The van der Waals surface area contributed by atoms with E-state index in [9.17, 15) is 9.18 Å². The van der Waals surface area contributed by atoms with Crippen molar-refractivity contribution >= 4 is 5.97 Å². The van der Waals surface area contributed by atoms with Gasteiger partial charge in [0.1, 0.15) is 23.9 Å². The Bertz CT molecular complexity index is 1260. The van der Waals surface area contributed by atoms with Gasteiger partial charge in [0.25, 0.3) is 0 Å². The summed E-state index contributed by atoms with van der Waals surface area (Å²) in [5.74, 6) is 0.889. The number of hydrogen-bond acceptors (Lipinski definition) is 4. The van der Waals surface area contributed by atoms with Crippen molar-refractivity contribution in [1.82, 2.24) is 0 Å². The molecule has 0 N–H and O–H groups in total. The van der Waals surface area contributed by atoms with Gasteiger partial charge in [0.15, 0.2) is 0 Å². The molecule has 2 atom stereocenters. The minimum absolute atomic E-state index is 0.139. The molecule has 4 nitrogen and oxygen atoms in total. The second kappa shape index (κ2) is 12.5. The highest BCUT2D eigenvalue weighted by molar-refractivity contribution is 5.73. The predicted octanol–water partition coefficient (Wildman–Crippen LogP) is 8.24. The van der Waals surface area contributed by atoms with Crippen molar-refractivity contribution in [2.45, 2.75) is 72.3 Å². The molecule has 0 spiro atoms. The molecule has 3 aromatic carbocycles. The maximum atomic E-state index is 14.8. The van der Waals surface area contributed by atoms with Crippen LogP contribution in [0.3, 0.4) is 0 Å². The first-order valence-electron chi connectivity index (χ1n) is 13.4. The van der Waals surface area contributed by atoms with Crippen LogP contribution in [0.1, 0.15) is 76.1 Å². The molecule has 0 aromatic heterocycles. The van der Waals surface area contributed by atoms with Crippen LogP contribution in [0, 0.1) is 11.7 Å². The molecule has 3 aromatic rings. The molecule has 1 aliphatic carbocycles. The third-order valence-corrected chi connectivity index (χ3v) is 7.18. The Labute approximate surface area is 227 Å². The molecule has 0 amide bonds. The molecule has 0 saturated carbocycles. The quantitative estimate of drug-likeness (QED) is 0.294. The number of rotatable bonds is 7. The Hall–Kier alpha value is -3.34. The highest BCUT2D eigenvalue weighted by Crippen LogP contribution is 2.41. The van der Waals surface area contributed by atoms with E-state index in [1.807, 2.05) is 39.0 Å². The molecule has 204 valence electrons. The lowest BCUT2D eigenvalue weighted by molar-refractivity contribution is -0.145. The van der Waals surface area contributed by atoms with E-state index in [1.165, 1.54) is 24.3 Å². The lowest BCUT2D eigenvalue weighted by Gasteiger charge is -2.25. The Balaban J connectivity index is 0.00000195. The van der Waals surface area contributed by atoms with Gasteiger partial charge in [0, 0.05) is 5.56 Å². The van der Waals surface area contributed by atoms with Crippen LogP contribution >= 0.6 is 0 Å². The summed E-state index contributed by atoms with van der Waals surface area (Å²) in [6.07, 6.45) is 1.89. The molecule has 2 unspecified atom stereocenters. The largest absolute Gasteiger partial charge is 0.497 e. The van der Waals surface area contributed by atoms with Crippen molar-refractivity contribution in [2.75, 3.05) is 14.2 Å². The summed E-state index contributed by atoms with van der Waals surface area (Å²) >= 11 is 0. The third kappa shape index (κ3) is 6.38. The van der Waals surface area contributed by atoms with Crippen molar-refractivity contribution in [1.29, 1.82) is 0 Å². The number of methoxy groups -OCH3 is 2. The van der Waals surface area contributed by atoms with Gasteiger partial charge in [-0.25, -0.2) is 4.39 Å². The molecule has 38 heavy (non-hydrogen) atoms. The van der Waals surface area contributed by atoms with Crippen LogP contribution in [-0.4, -0.2) is 20.2 Å². The monoisotopic (exact) mass is 520 g/mol. The van der Waals surface area contributed by atoms with Gasteiger partial charge < -0.3 is 14.2 Å². The zero-order chi connectivity index (χ0) is 28.0.